The van der Waals surface area contributed by atoms with E-state index in [1.807, 2.05) is 0 Å². The van der Waals surface area contributed by atoms with Gasteiger partial charge in [0.25, 0.3) is 0 Å². The van der Waals surface area contributed by atoms with Gasteiger partial charge in [0, 0.05) is 0 Å². The summed E-state index contributed by atoms with van der Waals surface area (Å²) in [6.07, 6.45) is 0. The van der Waals surface area contributed by atoms with Crippen LogP contribution in [0.15, 0.2) is 29.2 Å². The van der Waals surface area contributed by atoms with Gasteiger partial charge in [-0.3, -0.25) is 0 Å². The van der Waals surface area contributed by atoms with Crippen LogP contribution in [-0.2, 0) is 7.94 Å². The molecule has 1 rings (SSSR count). The first-order valence-electron chi connectivity index (χ1n) is 3.36. The Morgan fingerprint density at radius 2 is 1.69 bits per heavy atom. The zero-order valence-corrected chi connectivity index (χ0v) is 7.61. The van der Waals surface area contributed by atoms with Gasteiger partial charge in [0.2, 0.25) is 0 Å². The fraction of sp³-hybridized carbons (Fsp3) is 0. The molecule has 5 nitrogen and oxygen atoms in total. The van der Waals surface area contributed by atoms with Crippen molar-refractivity contribution in [1.82, 2.24) is 0 Å². The average molecular weight is 193 g/mol. The summed E-state index contributed by atoms with van der Waals surface area (Å²) in [6, 6.07) is 4.76. The van der Waals surface area contributed by atoms with Crippen molar-refractivity contribution in [2.75, 3.05) is 0 Å². The Bertz CT molecular complexity index is 424. The molecule has 0 fully saturated rings. The molecule has 1 aromatic rings. The molecule has 0 aromatic heterocycles. The van der Waals surface area contributed by atoms with Gasteiger partial charge in [-0.2, -0.15) is 0 Å². The van der Waals surface area contributed by atoms with Gasteiger partial charge in [-0.05, 0) is 0 Å². The number of hydrogen-bond acceptors (Lipinski definition) is 4. The third-order valence-corrected chi connectivity index (χ3v) is 2.60. The second-order valence-corrected chi connectivity index (χ2v) is 4.54. The van der Waals surface area contributed by atoms with Crippen molar-refractivity contribution in [3.8, 4) is 0 Å². The summed E-state index contributed by atoms with van der Waals surface area (Å²) in [4.78, 5) is 9.72. The van der Waals surface area contributed by atoms with Crippen LogP contribution in [0, 0.1) is 10.1 Å². The van der Waals surface area contributed by atoms with E-state index in [2.05, 4.69) is 0 Å². The Balaban J connectivity index is 3.16. The van der Waals surface area contributed by atoms with Gasteiger partial charge >= 0.3 is 82.8 Å². The number of nitro benzene ring substituents is 1. The van der Waals surface area contributed by atoms with Crippen LogP contribution in [0.5, 0.6) is 0 Å². The molecule has 0 N–H and O–H groups in total. The van der Waals surface area contributed by atoms with Crippen LogP contribution in [0.4, 0.5) is 5.69 Å². The first-order chi connectivity index (χ1) is 5.91. The standard InChI is InChI=1S/C6H4NO4S.Li/c8-7(9)5-1-3-6(4-2-5)12(10)11;/h1-4H;. The van der Waals surface area contributed by atoms with Gasteiger partial charge < -0.3 is 0 Å². The van der Waals surface area contributed by atoms with Crippen LogP contribution in [0.3, 0.4) is 0 Å². The third kappa shape index (κ3) is 2.55. The molecule has 0 saturated carbocycles. The van der Waals surface area contributed by atoms with Crippen molar-refractivity contribution < 1.29 is 13.3 Å². The van der Waals surface area contributed by atoms with Gasteiger partial charge in [-0.15, -0.1) is 0 Å². The summed E-state index contributed by atoms with van der Waals surface area (Å²) in [5.41, 5.74) is -0.118. The number of rotatable bonds is 2. The summed E-state index contributed by atoms with van der Waals surface area (Å²) < 4.78 is 21.9. The van der Waals surface area contributed by atoms with Crippen molar-refractivity contribution in [3.63, 3.8) is 0 Å². The van der Waals surface area contributed by atoms with Crippen LogP contribution >= 0.6 is 0 Å². The molecule has 0 amide bonds. The monoisotopic (exact) mass is 193 g/mol. The van der Waals surface area contributed by atoms with Crippen LogP contribution in [0.25, 0.3) is 0 Å². The zero-order valence-electron chi connectivity index (χ0n) is 6.80. The van der Waals surface area contributed by atoms with Crippen molar-refractivity contribution in [2.45, 2.75) is 4.90 Å². The normalized spacial score (nSPS) is 11.2. The Labute approximate surface area is 82.9 Å². The number of non-ortho nitro benzene ring substituents is 1. The molecule has 0 aliphatic rings. The Morgan fingerprint density at radius 1 is 1.23 bits per heavy atom. The second kappa shape index (κ2) is 3.50. The maximum atomic E-state index is 10.9. The van der Waals surface area contributed by atoms with E-state index in [-0.39, 0.29) is 10.6 Å². The molecule has 13 heavy (non-hydrogen) atoms. The minimum atomic E-state index is -3.27. The Hall–Kier alpha value is -0.833. The quantitative estimate of drug-likeness (QED) is 0.388. The van der Waals surface area contributed by atoms with Crippen molar-refractivity contribution >= 4 is 30.1 Å². The van der Waals surface area contributed by atoms with Gasteiger partial charge in [-0.1, -0.05) is 0 Å². The molecule has 0 atom stereocenters. The molecule has 0 spiro atoms. The van der Waals surface area contributed by atoms with E-state index >= 15 is 0 Å². The second-order valence-electron chi connectivity index (χ2n) is 2.52. The van der Waals surface area contributed by atoms with Crippen molar-refractivity contribution in [1.29, 1.82) is 0 Å². The molecule has 1 aromatic carbocycles. The molecule has 0 bridgehead atoms. The third-order valence-electron chi connectivity index (χ3n) is 1.48. The predicted octanol–water partition coefficient (Wildman–Crippen LogP) is 0.452. The summed E-state index contributed by atoms with van der Waals surface area (Å²) in [5, 5.41) is 10.2. The molecule has 0 aliphatic heterocycles. The van der Waals surface area contributed by atoms with E-state index in [9.17, 15) is 18.5 Å². The summed E-state index contributed by atoms with van der Waals surface area (Å²) in [5.74, 6) is 0. The van der Waals surface area contributed by atoms with Crippen LogP contribution in [0.2, 0.25) is 0 Å². The van der Waals surface area contributed by atoms with E-state index < -0.39 is 12.9 Å². The molecule has 0 aliphatic carbocycles. The zero-order chi connectivity index (χ0) is 10.1. The van der Waals surface area contributed by atoms with E-state index in [1.165, 1.54) is 12.1 Å². The molecule has 0 heterocycles. The Kier molecular flexibility index (Phi) is 2.76. The number of nitrogens with zero attached hydrogens (tertiary/aromatic N) is 1. The molecule has 64 valence electrons. The number of nitro groups is 1. The molecular formula is C6H4LiNO4S. The first-order valence-corrected chi connectivity index (χ1v) is 5.25. The topological polar surface area (TPSA) is 77.3 Å². The van der Waals surface area contributed by atoms with E-state index in [1.54, 1.807) is 0 Å². The van der Waals surface area contributed by atoms with E-state index in [0.29, 0.717) is 0 Å². The Morgan fingerprint density at radius 3 is 2.00 bits per heavy atom. The maximum absolute atomic E-state index is 10.9. The summed E-state index contributed by atoms with van der Waals surface area (Å²) >= 11 is 1.05. The van der Waals surface area contributed by atoms with Crippen molar-refractivity contribution in [2.24, 2.45) is 0 Å². The molecular weight excluding hydrogens is 189 g/mol. The fourth-order valence-electron chi connectivity index (χ4n) is 0.815. The van der Waals surface area contributed by atoms with Gasteiger partial charge in [0.15, 0.2) is 0 Å². The van der Waals surface area contributed by atoms with Gasteiger partial charge in [0.1, 0.15) is 0 Å². The van der Waals surface area contributed by atoms with Crippen LogP contribution in [0.1, 0.15) is 0 Å². The van der Waals surface area contributed by atoms with Gasteiger partial charge in [0.05, 0.1) is 0 Å². The van der Waals surface area contributed by atoms with E-state index in [4.69, 9.17) is 0 Å². The number of hydrogen-bond donors (Lipinski definition) is 0. The average Bonchev–Trinajstić information content (AvgIpc) is 2.03. The van der Waals surface area contributed by atoms with Crippen LogP contribution < -0.4 is 0 Å². The van der Waals surface area contributed by atoms with E-state index in [0.717, 1.165) is 28.7 Å². The molecule has 0 saturated heterocycles. The minimum absolute atomic E-state index is 0.0816. The fourth-order valence-corrected chi connectivity index (χ4v) is 1.45. The molecule has 7 heteroatoms. The van der Waals surface area contributed by atoms with Crippen molar-refractivity contribution in [3.05, 3.63) is 34.4 Å². The predicted molar refractivity (Wildman–Crippen MR) is 46.0 cm³/mol. The number of benzene rings is 1. The summed E-state index contributed by atoms with van der Waals surface area (Å²) in [7, 11) is -3.27. The first kappa shape index (κ1) is 10.2. The molecule has 0 unspecified atom stereocenters. The van der Waals surface area contributed by atoms with Crippen LogP contribution in [-0.4, -0.2) is 29.9 Å². The van der Waals surface area contributed by atoms with Gasteiger partial charge in [-0.25, -0.2) is 0 Å². The molecule has 0 radical (unpaired) electrons. The SMILES string of the molecule is [Li][S](=O)(=O)c1ccc([N+](=O)[O-])cc1. The summed E-state index contributed by atoms with van der Waals surface area (Å²) in [6.45, 7) is 0.